The van der Waals surface area contributed by atoms with Crippen LogP contribution in [-0.4, -0.2) is 48.1 Å². The summed E-state index contributed by atoms with van der Waals surface area (Å²) in [7, 11) is 1.60. The lowest BCUT2D eigenvalue weighted by molar-refractivity contribution is -0.130. The minimum atomic E-state index is -0.704. The fourth-order valence-corrected chi connectivity index (χ4v) is 2.76. The molecule has 0 saturated carbocycles. The van der Waals surface area contributed by atoms with E-state index < -0.39 is 17.9 Å². The third-order valence-corrected chi connectivity index (χ3v) is 3.98. The predicted molar refractivity (Wildman–Crippen MR) is 93.1 cm³/mol. The highest BCUT2D eigenvalue weighted by atomic mass is 16.5. The number of rotatable bonds is 7. The number of Topliss-reactive ketones (excluding diaryl/α,β-unsaturated/α-hetero) is 1. The van der Waals surface area contributed by atoms with Gasteiger partial charge in [0.1, 0.15) is 18.0 Å². The zero-order valence-electron chi connectivity index (χ0n) is 14.2. The van der Waals surface area contributed by atoms with E-state index in [9.17, 15) is 14.4 Å². The molecule has 1 aromatic rings. The largest absolute Gasteiger partial charge is 0.369 e. The van der Waals surface area contributed by atoms with E-state index in [0.717, 1.165) is 0 Å². The maximum atomic E-state index is 12.3. The molecule has 1 unspecified atom stereocenters. The van der Waals surface area contributed by atoms with E-state index >= 15 is 0 Å². The van der Waals surface area contributed by atoms with Gasteiger partial charge < -0.3 is 15.4 Å². The molecule has 1 saturated heterocycles. The van der Waals surface area contributed by atoms with E-state index in [4.69, 9.17) is 16.9 Å². The second-order valence-corrected chi connectivity index (χ2v) is 5.67. The number of ether oxygens (including phenoxy) is 1. The number of carbonyl (C=O) groups is 2. The number of H-pyrrole nitrogens is 1. The van der Waals surface area contributed by atoms with Crippen molar-refractivity contribution in [3.05, 3.63) is 10.4 Å². The molecule has 9 heteroatoms. The number of hydrogen-bond acceptors (Lipinski definition) is 7. The van der Waals surface area contributed by atoms with Crippen molar-refractivity contribution in [2.45, 2.75) is 38.5 Å². The lowest BCUT2D eigenvalue weighted by atomic mass is 10.1. The van der Waals surface area contributed by atoms with Crippen LogP contribution in [0.25, 0.3) is 0 Å². The van der Waals surface area contributed by atoms with Gasteiger partial charge in [-0.3, -0.25) is 24.3 Å². The summed E-state index contributed by atoms with van der Waals surface area (Å²) in [6, 6.07) is 0. The van der Waals surface area contributed by atoms with Crippen molar-refractivity contribution in [2.75, 3.05) is 29.1 Å². The zero-order valence-corrected chi connectivity index (χ0v) is 14.2. The van der Waals surface area contributed by atoms with Gasteiger partial charge in [-0.2, -0.15) is 4.98 Å². The highest BCUT2D eigenvalue weighted by Crippen LogP contribution is 2.30. The fourth-order valence-electron chi connectivity index (χ4n) is 2.76. The van der Waals surface area contributed by atoms with Gasteiger partial charge >= 0.3 is 0 Å². The molecule has 1 amide bonds. The van der Waals surface area contributed by atoms with Crippen LogP contribution in [0.1, 0.15) is 26.2 Å². The van der Waals surface area contributed by atoms with Gasteiger partial charge in [-0.05, 0) is 12.8 Å². The molecule has 0 aromatic carbocycles. The van der Waals surface area contributed by atoms with Crippen LogP contribution in [0.3, 0.4) is 0 Å². The van der Waals surface area contributed by atoms with Crippen LogP contribution in [-0.2, 0) is 14.3 Å². The van der Waals surface area contributed by atoms with Gasteiger partial charge in [0.25, 0.3) is 5.56 Å². The van der Waals surface area contributed by atoms with Gasteiger partial charge in [0.15, 0.2) is 11.6 Å². The summed E-state index contributed by atoms with van der Waals surface area (Å²) in [4.78, 5) is 45.0. The summed E-state index contributed by atoms with van der Waals surface area (Å²) < 4.78 is 5.69. The Kier molecular flexibility index (Phi) is 5.77. The standard InChI is InChI=1S/C16H21N5O4/c1-4-8-20(3)13-14(18-16(17)19-15(13)24)21(9-22)12-7-6-11(25-12)10(23)5-2/h1,9,11-12H,5-8H2,2-3H3,(H3,17,18,19,24)/t11-,12?/m1/s1. The number of ketones is 1. The van der Waals surface area contributed by atoms with Crippen LogP contribution in [0.4, 0.5) is 17.5 Å². The maximum absolute atomic E-state index is 12.3. The van der Waals surface area contributed by atoms with Gasteiger partial charge in [0, 0.05) is 13.5 Å². The molecule has 0 spiro atoms. The summed E-state index contributed by atoms with van der Waals surface area (Å²) >= 11 is 0. The van der Waals surface area contributed by atoms with E-state index in [1.807, 2.05) is 0 Å². The molecule has 1 aliphatic rings. The van der Waals surface area contributed by atoms with Crippen molar-refractivity contribution in [2.24, 2.45) is 0 Å². The minimum Gasteiger partial charge on any atom is -0.369 e. The maximum Gasteiger partial charge on any atom is 0.278 e. The Labute approximate surface area is 145 Å². The highest BCUT2D eigenvalue weighted by Gasteiger charge is 2.35. The Morgan fingerprint density at radius 3 is 2.88 bits per heavy atom. The molecular formula is C16H21N5O4. The van der Waals surface area contributed by atoms with Gasteiger partial charge in [-0.1, -0.05) is 12.8 Å². The first-order chi connectivity index (χ1) is 11.9. The number of carbonyl (C=O) groups excluding carboxylic acids is 2. The summed E-state index contributed by atoms with van der Waals surface area (Å²) in [5.74, 6) is 2.30. The molecule has 1 aliphatic heterocycles. The predicted octanol–water partition coefficient (Wildman–Crippen LogP) is -0.131. The highest BCUT2D eigenvalue weighted by molar-refractivity contribution is 5.84. The van der Waals surface area contributed by atoms with Crippen LogP contribution in [0.2, 0.25) is 0 Å². The second kappa shape index (κ2) is 7.81. The topological polar surface area (TPSA) is 122 Å². The van der Waals surface area contributed by atoms with E-state index in [1.54, 1.807) is 14.0 Å². The Bertz CT molecular complexity index is 754. The Morgan fingerprint density at radius 2 is 2.28 bits per heavy atom. The molecule has 1 fully saturated rings. The van der Waals surface area contributed by atoms with Crippen LogP contribution in [0, 0.1) is 12.3 Å². The number of amides is 1. The first kappa shape index (κ1) is 18.5. The number of terminal acetylenes is 1. The van der Waals surface area contributed by atoms with Crippen LogP contribution in [0.15, 0.2) is 4.79 Å². The minimum absolute atomic E-state index is 0.0311. The molecule has 2 heterocycles. The number of aromatic nitrogens is 2. The first-order valence-electron chi connectivity index (χ1n) is 7.89. The lowest BCUT2D eigenvalue weighted by Gasteiger charge is -2.27. The third kappa shape index (κ3) is 3.80. The number of nitrogens with one attached hydrogen (secondary N) is 1. The molecule has 1 aromatic heterocycles. The van der Waals surface area contributed by atoms with Crippen LogP contribution >= 0.6 is 0 Å². The summed E-state index contributed by atoms with van der Waals surface area (Å²) in [6.45, 7) is 1.89. The Balaban J connectivity index is 2.41. The monoisotopic (exact) mass is 347 g/mol. The summed E-state index contributed by atoms with van der Waals surface area (Å²) in [6.07, 6.45) is 5.84. The average molecular weight is 347 g/mol. The Hall–Kier alpha value is -2.86. The molecule has 25 heavy (non-hydrogen) atoms. The number of aromatic amines is 1. The van der Waals surface area contributed by atoms with E-state index in [1.165, 1.54) is 9.80 Å². The normalized spacial score (nSPS) is 19.2. The smallest absolute Gasteiger partial charge is 0.278 e. The third-order valence-electron chi connectivity index (χ3n) is 3.98. The number of nitrogens with two attached hydrogens (primary N) is 1. The lowest BCUT2D eigenvalue weighted by Crippen LogP contribution is -2.39. The van der Waals surface area contributed by atoms with Crippen molar-refractivity contribution in [1.29, 1.82) is 0 Å². The molecule has 0 aliphatic carbocycles. The Morgan fingerprint density at radius 1 is 1.56 bits per heavy atom. The molecule has 134 valence electrons. The quantitative estimate of drug-likeness (QED) is 0.520. The number of nitrogen functional groups attached to an aromatic ring is 1. The van der Waals surface area contributed by atoms with E-state index in [-0.39, 0.29) is 29.8 Å². The van der Waals surface area contributed by atoms with Gasteiger partial charge in [0.2, 0.25) is 12.4 Å². The average Bonchev–Trinajstić information content (AvgIpc) is 3.04. The number of nitrogens with zero attached hydrogens (tertiary/aromatic N) is 3. The van der Waals surface area contributed by atoms with Crippen LogP contribution < -0.4 is 21.1 Å². The molecule has 0 bridgehead atoms. The van der Waals surface area contributed by atoms with Crippen molar-refractivity contribution >= 4 is 29.6 Å². The molecule has 0 radical (unpaired) electrons. The van der Waals surface area contributed by atoms with Crippen molar-refractivity contribution in [3.63, 3.8) is 0 Å². The summed E-state index contributed by atoms with van der Waals surface area (Å²) in [5.41, 5.74) is 5.21. The van der Waals surface area contributed by atoms with E-state index in [2.05, 4.69) is 15.9 Å². The van der Waals surface area contributed by atoms with Gasteiger partial charge in [-0.25, -0.2) is 0 Å². The van der Waals surface area contributed by atoms with Gasteiger partial charge in [-0.15, -0.1) is 6.42 Å². The van der Waals surface area contributed by atoms with E-state index in [0.29, 0.717) is 25.7 Å². The zero-order chi connectivity index (χ0) is 18.6. The molecule has 2 rings (SSSR count). The van der Waals surface area contributed by atoms with Crippen molar-refractivity contribution < 1.29 is 14.3 Å². The first-order valence-corrected chi connectivity index (χ1v) is 7.89. The molecule has 9 nitrogen and oxygen atoms in total. The number of anilines is 3. The molecule has 3 N–H and O–H groups in total. The fraction of sp³-hybridized carbons (Fsp3) is 0.500. The van der Waals surface area contributed by atoms with Gasteiger partial charge in [0.05, 0.1) is 6.54 Å². The van der Waals surface area contributed by atoms with Crippen molar-refractivity contribution in [1.82, 2.24) is 9.97 Å². The molecular weight excluding hydrogens is 326 g/mol. The van der Waals surface area contributed by atoms with Crippen molar-refractivity contribution in [3.8, 4) is 12.3 Å². The summed E-state index contributed by atoms with van der Waals surface area (Å²) in [5, 5.41) is 0. The molecule has 2 atom stereocenters. The van der Waals surface area contributed by atoms with Crippen LogP contribution in [0.5, 0.6) is 0 Å². The second-order valence-electron chi connectivity index (χ2n) is 5.67. The SMILES string of the molecule is C#CCN(C)c1c(N(C=O)C2CC[C@H](C(=O)CC)O2)nc(N)[nH]c1=O. The number of hydrogen-bond donors (Lipinski definition) is 2.